The molecule has 0 amide bonds. The number of hydrogen-bond acceptors (Lipinski definition) is 5. The van der Waals surface area contributed by atoms with E-state index in [1.165, 1.54) is 0 Å². The Hall–Kier alpha value is -2.48. The molecule has 0 saturated heterocycles. The lowest BCUT2D eigenvalue weighted by atomic mass is 10.1. The van der Waals surface area contributed by atoms with Crippen LogP contribution in [0.3, 0.4) is 0 Å². The predicted molar refractivity (Wildman–Crippen MR) is 90.4 cm³/mol. The fourth-order valence-electron chi connectivity index (χ4n) is 2.78. The predicted octanol–water partition coefficient (Wildman–Crippen LogP) is 2.76. The first-order valence-electron chi connectivity index (χ1n) is 7.29. The summed E-state index contributed by atoms with van der Waals surface area (Å²) >= 11 is 3.39. The Kier molecular flexibility index (Phi) is 4.23. The maximum atomic E-state index is 12.6. The third-order valence-corrected chi connectivity index (χ3v) is 4.25. The highest BCUT2D eigenvalue weighted by Crippen LogP contribution is 2.22. The zero-order valence-electron chi connectivity index (χ0n) is 13.0. The maximum Gasteiger partial charge on any atom is 0.341 e. The molecule has 0 aliphatic heterocycles. The molecular weight excluding hydrogens is 378 g/mol. The molecule has 3 aromatic rings. The van der Waals surface area contributed by atoms with Gasteiger partial charge in [0.15, 0.2) is 5.82 Å². The zero-order chi connectivity index (χ0) is 17.4. The molecule has 124 valence electrons. The van der Waals surface area contributed by atoms with E-state index in [2.05, 4.69) is 26.1 Å². The van der Waals surface area contributed by atoms with Gasteiger partial charge in [-0.2, -0.15) is 4.98 Å². The average Bonchev–Trinajstić information content (AvgIpc) is 2.94. The van der Waals surface area contributed by atoms with Gasteiger partial charge in [0.2, 0.25) is 11.3 Å². The lowest BCUT2D eigenvalue weighted by molar-refractivity contribution is 0.0693. The number of rotatable bonds is 4. The highest BCUT2D eigenvalue weighted by atomic mass is 79.9. The van der Waals surface area contributed by atoms with E-state index in [9.17, 15) is 14.7 Å². The molecule has 0 radical (unpaired) electrons. The topological polar surface area (TPSA) is 98.2 Å². The number of carboxylic acids is 1. The van der Waals surface area contributed by atoms with Crippen LogP contribution in [0.15, 0.2) is 32.0 Å². The number of aryl methyl sites for hydroxylation is 1. The fraction of sp³-hybridized carbons (Fsp3) is 0.250. The van der Waals surface area contributed by atoms with Gasteiger partial charge in [-0.3, -0.25) is 4.79 Å². The minimum Gasteiger partial charge on any atom is -0.477 e. The number of aromatic carboxylic acids is 1. The van der Waals surface area contributed by atoms with Crippen LogP contribution in [0.2, 0.25) is 0 Å². The van der Waals surface area contributed by atoms with E-state index in [0.29, 0.717) is 34.7 Å². The van der Waals surface area contributed by atoms with Crippen molar-refractivity contribution in [2.24, 2.45) is 0 Å². The highest BCUT2D eigenvalue weighted by Gasteiger charge is 2.22. The summed E-state index contributed by atoms with van der Waals surface area (Å²) < 4.78 is 7.53. The Balaban J connectivity index is 2.38. The second-order valence-corrected chi connectivity index (χ2v) is 6.20. The molecule has 8 heteroatoms. The molecule has 0 bridgehead atoms. The number of fused-ring (bicyclic) bond motifs is 1. The van der Waals surface area contributed by atoms with Crippen LogP contribution in [-0.4, -0.2) is 25.8 Å². The SMILES string of the molecule is CCc1c(C(=O)O)c(=O)c2ccc(Br)cc2n1Cc1noc(C)n1. The molecule has 0 fully saturated rings. The van der Waals surface area contributed by atoms with E-state index in [4.69, 9.17) is 4.52 Å². The van der Waals surface area contributed by atoms with Crippen LogP contribution in [0.5, 0.6) is 0 Å². The molecule has 1 aromatic carbocycles. The standard InChI is InChI=1S/C16H14BrN3O4/c1-3-11-14(16(22)23)15(21)10-5-4-9(17)6-12(10)20(11)7-13-18-8(2)24-19-13/h4-6H,3,7H2,1-2H3,(H,22,23). The fourth-order valence-corrected chi connectivity index (χ4v) is 3.13. The highest BCUT2D eigenvalue weighted by molar-refractivity contribution is 9.10. The van der Waals surface area contributed by atoms with Crippen molar-refractivity contribution >= 4 is 32.8 Å². The van der Waals surface area contributed by atoms with Gasteiger partial charge in [-0.25, -0.2) is 4.79 Å². The molecule has 2 aromatic heterocycles. The van der Waals surface area contributed by atoms with Crippen LogP contribution in [0.4, 0.5) is 0 Å². The summed E-state index contributed by atoms with van der Waals surface area (Å²) in [5, 5.41) is 13.7. The lowest BCUT2D eigenvalue weighted by Gasteiger charge is -2.17. The summed E-state index contributed by atoms with van der Waals surface area (Å²) in [5.74, 6) is -0.392. The van der Waals surface area contributed by atoms with Gasteiger partial charge >= 0.3 is 5.97 Å². The van der Waals surface area contributed by atoms with Gasteiger partial charge in [-0.05, 0) is 24.6 Å². The second-order valence-electron chi connectivity index (χ2n) is 5.29. The van der Waals surface area contributed by atoms with E-state index < -0.39 is 11.4 Å². The first-order valence-corrected chi connectivity index (χ1v) is 8.09. The summed E-state index contributed by atoms with van der Waals surface area (Å²) in [6.07, 6.45) is 0.385. The average molecular weight is 392 g/mol. The van der Waals surface area contributed by atoms with Crippen molar-refractivity contribution in [3.8, 4) is 0 Å². The molecule has 0 saturated carbocycles. The van der Waals surface area contributed by atoms with Crippen molar-refractivity contribution in [2.45, 2.75) is 26.8 Å². The molecule has 24 heavy (non-hydrogen) atoms. The Morgan fingerprint density at radius 2 is 2.17 bits per heavy atom. The molecule has 3 rings (SSSR count). The summed E-state index contributed by atoms with van der Waals surface area (Å²) in [6.45, 7) is 3.71. The quantitative estimate of drug-likeness (QED) is 0.733. The number of hydrogen-bond donors (Lipinski definition) is 1. The van der Waals surface area contributed by atoms with Crippen molar-refractivity contribution in [3.05, 3.63) is 55.9 Å². The van der Waals surface area contributed by atoms with Gasteiger partial charge in [-0.15, -0.1) is 0 Å². The molecule has 2 heterocycles. The van der Waals surface area contributed by atoms with E-state index in [-0.39, 0.29) is 12.1 Å². The van der Waals surface area contributed by atoms with Gasteiger partial charge in [0.1, 0.15) is 5.56 Å². The van der Waals surface area contributed by atoms with Crippen LogP contribution < -0.4 is 5.43 Å². The van der Waals surface area contributed by atoms with Gasteiger partial charge in [0.05, 0.1) is 12.1 Å². The Morgan fingerprint density at radius 1 is 1.42 bits per heavy atom. The van der Waals surface area contributed by atoms with Gasteiger partial charge < -0.3 is 14.2 Å². The maximum absolute atomic E-state index is 12.6. The van der Waals surface area contributed by atoms with Crippen molar-refractivity contribution < 1.29 is 14.4 Å². The lowest BCUT2D eigenvalue weighted by Crippen LogP contribution is -2.24. The second kappa shape index (κ2) is 6.20. The summed E-state index contributed by atoms with van der Waals surface area (Å²) in [5.41, 5.74) is 0.356. The van der Waals surface area contributed by atoms with Crippen LogP contribution in [0, 0.1) is 6.92 Å². The van der Waals surface area contributed by atoms with E-state index >= 15 is 0 Å². The Morgan fingerprint density at radius 3 is 2.75 bits per heavy atom. The van der Waals surface area contributed by atoms with Crippen molar-refractivity contribution in [1.82, 2.24) is 14.7 Å². The van der Waals surface area contributed by atoms with Gasteiger partial charge in [0.25, 0.3) is 0 Å². The van der Waals surface area contributed by atoms with Crippen LogP contribution in [0.1, 0.15) is 34.7 Å². The Labute approximate surface area is 145 Å². The smallest absolute Gasteiger partial charge is 0.341 e. The van der Waals surface area contributed by atoms with Crippen molar-refractivity contribution in [3.63, 3.8) is 0 Å². The monoisotopic (exact) mass is 391 g/mol. The molecule has 0 spiro atoms. The minimum atomic E-state index is -1.24. The van der Waals surface area contributed by atoms with Crippen LogP contribution in [0.25, 0.3) is 10.9 Å². The molecule has 0 aliphatic carbocycles. The summed E-state index contributed by atoms with van der Waals surface area (Å²) in [7, 11) is 0. The number of halogens is 1. The zero-order valence-corrected chi connectivity index (χ0v) is 14.6. The number of carbonyl (C=O) groups is 1. The summed E-state index contributed by atoms with van der Waals surface area (Å²) in [6, 6.07) is 5.11. The first-order chi connectivity index (χ1) is 11.4. The molecule has 0 aliphatic rings. The normalized spacial score (nSPS) is 11.1. The number of benzene rings is 1. The third kappa shape index (κ3) is 2.73. The van der Waals surface area contributed by atoms with Gasteiger partial charge in [0, 0.05) is 22.5 Å². The molecule has 7 nitrogen and oxygen atoms in total. The molecule has 0 atom stereocenters. The third-order valence-electron chi connectivity index (χ3n) is 3.75. The van der Waals surface area contributed by atoms with E-state index in [1.54, 1.807) is 29.7 Å². The molecule has 1 N–H and O–H groups in total. The minimum absolute atomic E-state index is 0.215. The van der Waals surface area contributed by atoms with Gasteiger partial charge in [-0.1, -0.05) is 28.0 Å². The Bertz CT molecular complexity index is 1010. The first kappa shape index (κ1) is 16.4. The largest absolute Gasteiger partial charge is 0.477 e. The number of carboxylic acid groups (broad SMARTS) is 1. The molecular formula is C16H14BrN3O4. The van der Waals surface area contributed by atoms with Crippen LogP contribution in [-0.2, 0) is 13.0 Å². The number of pyridine rings is 1. The number of nitrogens with zero attached hydrogens (tertiary/aromatic N) is 3. The van der Waals surface area contributed by atoms with Crippen molar-refractivity contribution in [2.75, 3.05) is 0 Å². The van der Waals surface area contributed by atoms with Crippen molar-refractivity contribution in [1.29, 1.82) is 0 Å². The molecule has 0 unspecified atom stereocenters. The summed E-state index contributed by atoms with van der Waals surface area (Å²) in [4.78, 5) is 28.4. The van der Waals surface area contributed by atoms with E-state index in [0.717, 1.165) is 4.47 Å². The van der Waals surface area contributed by atoms with Crippen LogP contribution >= 0.6 is 15.9 Å². The van der Waals surface area contributed by atoms with E-state index in [1.807, 2.05) is 6.92 Å². The number of aromatic nitrogens is 3.